The second-order valence-electron chi connectivity index (χ2n) is 4.64. The summed E-state index contributed by atoms with van der Waals surface area (Å²) in [6, 6.07) is 0.133. The molecule has 2 N–H and O–H groups in total. The molecule has 2 aliphatic rings. The van der Waals surface area contributed by atoms with Crippen LogP contribution in [0.25, 0.3) is 0 Å². The van der Waals surface area contributed by atoms with Gasteiger partial charge < -0.3 is 15.4 Å². The van der Waals surface area contributed by atoms with Gasteiger partial charge in [-0.15, -0.1) is 0 Å². The maximum absolute atomic E-state index is 11.9. The van der Waals surface area contributed by atoms with Crippen molar-refractivity contribution >= 4 is 5.91 Å². The number of carbonyl (C=O) groups excluding carboxylic acids is 1. The van der Waals surface area contributed by atoms with Crippen LogP contribution in [0.4, 0.5) is 0 Å². The van der Waals surface area contributed by atoms with Crippen LogP contribution in [0.15, 0.2) is 0 Å². The molecular formula is C11H20N2O2. The van der Waals surface area contributed by atoms with Gasteiger partial charge in [-0.1, -0.05) is 0 Å². The summed E-state index contributed by atoms with van der Waals surface area (Å²) in [4.78, 5) is 11.9. The van der Waals surface area contributed by atoms with Crippen LogP contribution in [0.3, 0.4) is 0 Å². The highest BCUT2D eigenvalue weighted by Crippen LogP contribution is 2.32. The molecule has 1 heterocycles. The summed E-state index contributed by atoms with van der Waals surface area (Å²) < 4.78 is 5.45. The first-order chi connectivity index (χ1) is 7.18. The third-order valence-corrected chi connectivity index (χ3v) is 3.30. The van der Waals surface area contributed by atoms with E-state index in [2.05, 4.69) is 17.6 Å². The fraction of sp³-hybridized carbons (Fsp3) is 0.909. The highest BCUT2D eigenvalue weighted by atomic mass is 16.5. The Morgan fingerprint density at radius 3 is 2.87 bits per heavy atom. The molecule has 3 atom stereocenters. The molecule has 1 amide bonds. The van der Waals surface area contributed by atoms with Crippen molar-refractivity contribution in [3.05, 3.63) is 0 Å². The Balaban J connectivity index is 1.82. The van der Waals surface area contributed by atoms with Crippen LogP contribution in [0.5, 0.6) is 0 Å². The molecule has 86 valence electrons. The van der Waals surface area contributed by atoms with E-state index in [1.54, 1.807) is 0 Å². The molecule has 0 aromatic heterocycles. The van der Waals surface area contributed by atoms with E-state index in [0.717, 1.165) is 6.54 Å². The van der Waals surface area contributed by atoms with Gasteiger partial charge >= 0.3 is 0 Å². The summed E-state index contributed by atoms with van der Waals surface area (Å²) in [7, 11) is 0. The zero-order valence-corrected chi connectivity index (χ0v) is 9.45. The number of morpholine rings is 1. The van der Waals surface area contributed by atoms with Gasteiger partial charge in [0.1, 0.15) is 6.04 Å². The van der Waals surface area contributed by atoms with Crippen LogP contribution in [-0.4, -0.2) is 37.2 Å². The number of rotatable bonds is 3. The standard InChI is InChI=1S/C11H20N2O2/c1-7(9-3-4-9)13-11(14)10-8(2)15-6-5-12-10/h7-10,12H,3-6H2,1-2H3,(H,13,14)/t7?,8-,10+/m1/s1. The highest BCUT2D eigenvalue weighted by Gasteiger charge is 2.33. The lowest BCUT2D eigenvalue weighted by Gasteiger charge is -2.30. The topological polar surface area (TPSA) is 50.4 Å². The lowest BCUT2D eigenvalue weighted by atomic mass is 10.1. The predicted molar refractivity (Wildman–Crippen MR) is 57.5 cm³/mol. The average molecular weight is 212 g/mol. The van der Waals surface area contributed by atoms with E-state index in [0.29, 0.717) is 18.6 Å². The van der Waals surface area contributed by atoms with Crippen LogP contribution in [0.1, 0.15) is 26.7 Å². The number of nitrogens with one attached hydrogen (secondary N) is 2. The van der Waals surface area contributed by atoms with Crippen LogP contribution in [-0.2, 0) is 9.53 Å². The number of hydrogen-bond donors (Lipinski definition) is 2. The zero-order chi connectivity index (χ0) is 10.8. The van der Waals surface area contributed by atoms with Gasteiger partial charge in [-0.2, -0.15) is 0 Å². The second kappa shape index (κ2) is 4.49. The molecular weight excluding hydrogens is 192 g/mol. The first kappa shape index (κ1) is 10.9. The Morgan fingerprint density at radius 1 is 1.53 bits per heavy atom. The van der Waals surface area contributed by atoms with Crippen molar-refractivity contribution in [2.24, 2.45) is 5.92 Å². The monoisotopic (exact) mass is 212 g/mol. The van der Waals surface area contributed by atoms with Crippen LogP contribution in [0.2, 0.25) is 0 Å². The summed E-state index contributed by atoms with van der Waals surface area (Å²) in [6.07, 6.45) is 2.49. The quantitative estimate of drug-likeness (QED) is 0.706. The molecule has 0 spiro atoms. The van der Waals surface area contributed by atoms with Crippen molar-refractivity contribution in [2.75, 3.05) is 13.2 Å². The normalized spacial score (nSPS) is 33.5. The SMILES string of the molecule is CC(NC(=O)[C@H]1NCCO[C@@H]1C)C1CC1. The molecule has 4 heteroatoms. The zero-order valence-electron chi connectivity index (χ0n) is 9.45. The molecule has 15 heavy (non-hydrogen) atoms. The Bertz CT molecular complexity index is 241. The van der Waals surface area contributed by atoms with E-state index in [1.807, 2.05) is 6.92 Å². The van der Waals surface area contributed by atoms with Gasteiger partial charge in [-0.3, -0.25) is 4.79 Å². The summed E-state index contributed by atoms with van der Waals surface area (Å²) in [5.41, 5.74) is 0. The van der Waals surface area contributed by atoms with Crippen molar-refractivity contribution in [2.45, 2.75) is 44.9 Å². The molecule has 1 aliphatic heterocycles. The number of hydrogen-bond acceptors (Lipinski definition) is 3. The van der Waals surface area contributed by atoms with Crippen molar-refractivity contribution in [3.8, 4) is 0 Å². The molecule has 1 aliphatic carbocycles. The summed E-state index contributed by atoms with van der Waals surface area (Å²) in [6.45, 7) is 5.49. The minimum Gasteiger partial charge on any atom is -0.375 e. The number of ether oxygens (including phenoxy) is 1. The molecule has 1 saturated heterocycles. The van der Waals surface area contributed by atoms with E-state index in [9.17, 15) is 4.79 Å². The minimum absolute atomic E-state index is 0.0230. The summed E-state index contributed by atoms with van der Waals surface area (Å²) >= 11 is 0. The molecule has 2 fully saturated rings. The predicted octanol–water partition coefficient (Wildman–Crippen LogP) is 0.278. The molecule has 2 rings (SSSR count). The fourth-order valence-electron chi connectivity index (χ4n) is 2.06. The summed E-state index contributed by atoms with van der Waals surface area (Å²) in [5.74, 6) is 0.787. The van der Waals surface area contributed by atoms with Gasteiger partial charge in [0, 0.05) is 12.6 Å². The average Bonchev–Trinajstić information content (AvgIpc) is 3.01. The number of amides is 1. The van der Waals surface area contributed by atoms with Gasteiger partial charge in [0.2, 0.25) is 5.91 Å². The van der Waals surface area contributed by atoms with Gasteiger partial charge in [-0.25, -0.2) is 0 Å². The first-order valence-electron chi connectivity index (χ1n) is 5.84. The highest BCUT2D eigenvalue weighted by molar-refractivity contribution is 5.82. The molecule has 1 unspecified atom stereocenters. The van der Waals surface area contributed by atoms with Gasteiger partial charge in [-0.05, 0) is 32.6 Å². The van der Waals surface area contributed by atoms with Crippen molar-refractivity contribution in [1.82, 2.24) is 10.6 Å². The Hall–Kier alpha value is -0.610. The Morgan fingerprint density at radius 2 is 2.27 bits per heavy atom. The van der Waals surface area contributed by atoms with Gasteiger partial charge in [0.05, 0.1) is 12.7 Å². The minimum atomic E-state index is -0.181. The van der Waals surface area contributed by atoms with Crippen molar-refractivity contribution < 1.29 is 9.53 Å². The van der Waals surface area contributed by atoms with Gasteiger partial charge in [0.25, 0.3) is 0 Å². The molecule has 0 aromatic carbocycles. The third-order valence-electron chi connectivity index (χ3n) is 3.30. The van der Waals surface area contributed by atoms with Crippen LogP contribution < -0.4 is 10.6 Å². The maximum Gasteiger partial charge on any atom is 0.240 e. The Labute approximate surface area is 90.8 Å². The fourth-order valence-corrected chi connectivity index (χ4v) is 2.06. The smallest absolute Gasteiger partial charge is 0.240 e. The molecule has 0 radical (unpaired) electrons. The van der Waals surface area contributed by atoms with E-state index in [-0.39, 0.29) is 18.1 Å². The lowest BCUT2D eigenvalue weighted by Crippen LogP contribution is -2.56. The van der Waals surface area contributed by atoms with E-state index in [1.165, 1.54) is 12.8 Å². The van der Waals surface area contributed by atoms with Crippen molar-refractivity contribution in [1.29, 1.82) is 0 Å². The molecule has 1 saturated carbocycles. The van der Waals surface area contributed by atoms with Gasteiger partial charge in [0.15, 0.2) is 0 Å². The first-order valence-corrected chi connectivity index (χ1v) is 5.84. The molecule has 0 aromatic rings. The lowest BCUT2D eigenvalue weighted by molar-refractivity contribution is -0.129. The number of carbonyl (C=O) groups is 1. The van der Waals surface area contributed by atoms with Crippen molar-refractivity contribution in [3.63, 3.8) is 0 Å². The van der Waals surface area contributed by atoms with E-state index >= 15 is 0 Å². The molecule has 0 bridgehead atoms. The maximum atomic E-state index is 11.9. The van der Waals surface area contributed by atoms with Crippen LogP contribution in [0, 0.1) is 5.92 Å². The Kier molecular flexibility index (Phi) is 3.26. The van der Waals surface area contributed by atoms with E-state index in [4.69, 9.17) is 4.74 Å². The molecule has 4 nitrogen and oxygen atoms in total. The largest absolute Gasteiger partial charge is 0.375 e. The third kappa shape index (κ3) is 2.69. The van der Waals surface area contributed by atoms with E-state index < -0.39 is 0 Å². The van der Waals surface area contributed by atoms with Crippen LogP contribution >= 0.6 is 0 Å². The second-order valence-corrected chi connectivity index (χ2v) is 4.64. The summed E-state index contributed by atoms with van der Waals surface area (Å²) in [5, 5.41) is 6.26.